The van der Waals surface area contributed by atoms with Crippen molar-refractivity contribution < 1.29 is 28.6 Å². The normalized spacial score (nSPS) is 12.9. The van der Waals surface area contributed by atoms with E-state index in [0.29, 0.717) is 19.3 Å². The summed E-state index contributed by atoms with van der Waals surface area (Å²) in [5, 5.41) is 0. The number of hydrogen-bond donors (Lipinski definition) is 0. The highest BCUT2D eigenvalue weighted by atomic mass is 16.6. The van der Waals surface area contributed by atoms with Crippen LogP contribution in [0, 0.1) is 0 Å². The van der Waals surface area contributed by atoms with E-state index in [0.717, 1.165) is 148 Å². The molecule has 0 aromatic carbocycles. The van der Waals surface area contributed by atoms with Gasteiger partial charge in [0.1, 0.15) is 13.2 Å². The number of hydrogen-bond acceptors (Lipinski definition) is 6. The van der Waals surface area contributed by atoms with Crippen molar-refractivity contribution in [1.82, 2.24) is 0 Å². The molecule has 0 heterocycles. The smallest absolute Gasteiger partial charge is 0.306 e. The molecule has 0 aromatic heterocycles. The molecule has 0 aliphatic carbocycles. The summed E-state index contributed by atoms with van der Waals surface area (Å²) < 4.78 is 16.9. The summed E-state index contributed by atoms with van der Waals surface area (Å²) in [5.74, 6) is -0.917. The van der Waals surface area contributed by atoms with Crippen molar-refractivity contribution in [3.8, 4) is 0 Å². The Morgan fingerprint density at radius 2 is 0.506 bits per heavy atom. The lowest BCUT2D eigenvalue weighted by Crippen LogP contribution is -2.30. The van der Waals surface area contributed by atoms with Gasteiger partial charge in [0.15, 0.2) is 6.10 Å². The topological polar surface area (TPSA) is 78.9 Å². The van der Waals surface area contributed by atoms with Crippen molar-refractivity contribution in [3.05, 3.63) is 122 Å². The van der Waals surface area contributed by atoms with Crippen molar-refractivity contribution in [3.63, 3.8) is 0 Å². The van der Waals surface area contributed by atoms with Gasteiger partial charge in [-0.2, -0.15) is 0 Å². The van der Waals surface area contributed by atoms with Gasteiger partial charge in [-0.15, -0.1) is 0 Å². The van der Waals surface area contributed by atoms with Gasteiger partial charge in [0.2, 0.25) is 0 Å². The summed E-state index contributed by atoms with van der Waals surface area (Å²) in [4.78, 5) is 38.2. The molecule has 0 saturated heterocycles. The van der Waals surface area contributed by atoms with Crippen molar-refractivity contribution in [2.75, 3.05) is 13.2 Å². The Balaban J connectivity index is 4.25. The van der Waals surface area contributed by atoms with Crippen LogP contribution < -0.4 is 0 Å². The van der Waals surface area contributed by atoms with Crippen LogP contribution in [0.1, 0.15) is 290 Å². The zero-order valence-corrected chi connectivity index (χ0v) is 50.2. The van der Waals surface area contributed by atoms with Crippen LogP contribution in [0.3, 0.4) is 0 Å². The predicted octanol–water partition coefficient (Wildman–Crippen LogP) is 22.0. The summed E-state index contributed by atoms with van der Waals surface area (Å²) in [6.07, 6.45) is 89.2. The number of esters is 3. The first-order valence-electron chi connectivity index (χ1n) is 32.0. The molecule has 77 heavy (non-hydrogen) atoms. The third-order valence-corrected chi connectivity index (χ3v) is 13.4. The number of unbranched alkanes of at least 4 members (excludes halogenated alkanes) is 26. The lowest BCUT2D eigenvalue weighted by molar-refractivity contribution is -0.167. The first kappa shape index (κ1) is 72.8. The Morgan fingerprint density at radius 1 is 0.273 bits per heavy atom. The third-order valence-electron chi connectivity index (χ3n) is 13.4. The molecule has 0 rings (SSSR count). The van der Waals surface area contributed by atoms with E-state index in [-0.39, 0.29) is 31.1 Å². The van der Waals surface area contributed by atoms with E-state index >= 15 is 0 Å². The maximum atomic E-state index is 12.9. The number of carbonyl (C=O) groups excluding carboxylic acids is 3. The number of ether oxygens (including phenoxy) is 3. The molecule has 0 aromatic rings. The van der Waals surface area contributed by atoms with E-state index in [2.05, 4.69) is 142 Å². The van der Waals surface area contributed by atoms with Crippen LogP contribution >= 0.6 is 0 Å². The largest absolute Gasteiger partial charge is 0.462 e. The second kappa shape index (κ2) is 64.3. The second-order valence-corrected chi connectivity index (χ2v) is 20.9. The zero-order chi connectivity index (χ0) is 55.7. The summed E-state index contributed by atoms with van der Waals surface area (Å²) in [6.45, 7) is 6.43. The van der Waals surface area contributed by atoms with Crippen molar-refractivity contribution in [2.45, 2.75) is 297 Å². The molecule has 6 heteroatoms. The molecule has 0 amide bonds. The first-order valence-corrected chi connectivity index (χ1v) is 32.0. The van der Waals surface area contributed by atoms with Gasteiger partial charge >= 0.3 is 17.9 Å². The number of carbonyl (C=O) groups is 3. The van der Waals surface area contributed by atoms with Crippen LogP contribution in [0.4, 0.5) is 0 Å². The summed E-state index contributed by atoms with van der Waals surface area (Å²) in [7, 11) is 0. The molecule has 6 nitrogen and oxygen atoms in total. The van der Waals surface area contributed by atoms with Crippen LogP contribution in [-0.4, -0.2) is 37.2 Å². The molecular formula is C71H118O6. The molecule has 0 spiro atoms. The minimum Gasteiger partial charge on any atom is -0.462 e. The van der Waals surface area contributed by atoms with E-state index in [9.17, 15) is 14.4 Å². The van der Waals surface area contributed by atoms with E-state index < -0.39 is 6.10 Å². The highest BCUT2D eigenvalue weighted by molar-refractivity contribution is 5.71. The minimum absolute atomic E-state index is 0.0903. The number of allylic oxidation sites excluding steroid dienone is 20. The molecule has 0 aliphatic heterocycles. The number of rotatable bonds is 57. The van der Waals surface area contributed by atoms with Crippen molar-refractivity contribution in [2.24, 2.45) is 0 Å². The van der Waals surface area contributed by atoms with Crippen molar-refractivity contribution in [1.29, 1.82) is 0 Å². The molecule has 1 atom stereocenters. The van der Waals surface area contributed by atoms with Gasteiger partial charge < -0.3 is 14.2 Å². The molecule has 0 saturated carbocycles. The Labute approximate surface area is 475 Å². The minimum atomic E-state index is -0.795. The molecular weight excluding hydrogens is 949 g/mol. The van der Waals surface area contributed by atoms with E-state index in [1.165, 1.54) is 103 Å². The van der Waals surface area contributed by atoms with Gasteiger partial charge in [-0.25, -0.2) is 0 Å². The van der Waals surface area contributed by atoms with E-state index in [4.69, 9.17) is 14.2 Å². The van der Waals surface area contributed by atoms with Gasteiger partial charge in [0.25, 0.3) is 0 Å². The lowest BCUT2D eigenvalue weighted by atomic mass is 10.0. The Morgan fingerprint density at radius 3 is 0.792 bits per heavy atom. The maximum absolute atomic E-state index is 12.9. The molecule has 0 radical (unpaired) electrons. The van der Waals surface area contributed by atoms with Crippen molar-refractivity contribution >= 4 is 17.9 Å². The monoisotopic (exact) mass is 1070 g/mol. The molecule has 0 bridgehead atoms. The average molecular weight is 1070 g/mol. The van der Waals surface area contributed by atoms with Crippen LogP contribution in [0.25, 0.3) is 0 Å². The molecule has 0 N–H and O–H groups in total. The lowest BCUT2D eigenvalue weighted by Gasteiger charge is -2.18. The van der Waals surface area contributed by atoms with Crippen LogP contribution in [0.5, 0.6) is 0 Å². The molecule has 0 fully saturated rings. The molecule has 0 aliphatic rings. The summed E-state index contributed by atoms with van der Waals surface area (Å²) >= 11 is 0. The van der Waals surface area contributed by atoms with Crippen LogP contribution in [0.2, 0.25) is 0 Å². The van der Waals surface area contributed by atoms with Gasteiger partial charge in [-0.1, -0.05) is 271 Å². The second-order valence-electron chi connectivity index (χ2n) is 20.9. The SMILES string of the molecule is CC/C=C\C/C=C\C/C=C\C/C=C\C/C=C\C/C=C\CCCCCCCCCCCCCCC(=O)OCC(COC(=O)CCCCCCC/C=C\C/C=C\CCCC)OC(=O)CCCCCCC/C=C\C/C=C\CCCC. The molecule has 1 unspecified atom stereocenters. The van der Waals surface area contributed by atoms with Crippen LogP contribution in [-0.2, 0) is 28.6 Å². The standard InChI is InChI=1S/C71H118O6/c1-4-7-10-13-16-19-22-25-28-29-30-31-32-33-34-35-36-37-38-39-40-41-42-43-44-47-49-52-55-58-61-64-70(73)76-67-68(77-71(74)65-62-59-56-53-50-46-27-24-21-18-15-12-9-6-3)66-75-69(72)63-60-57-54-51-48-45-26-23-20-17-14-11-8-5-2/h7,10,14-19,23-28,30-31,33-34,36-37,68H,4-6,8-9,11-13,20-22,29,32,35,38-67H2,1-3H3/b10-7-,17-14-,18-15-,19-16-,26-23-,27-24-,28-25-,31-30-,34-33-,37-36-. The Bertz CT molecular complexity index is 1600. The fourth-order valence-electron chi connectivity index (χ4n) is 8.60. The average Bonchev–Trinajstić information content (AvgIpc) is 3.43. The zero-order valence-electron chi connectivity index (χ0n) is 50.2. The van der Waals surface area contributed by atoms with E-state index in [1.807, 2.05) is 0 Å². The summed E-state index contributed by atoms with van der Waals surface area (Å²) in [5.41, 5.74) is 0. The third kappa shape index (κ3) is 62.5. The Kier molecular flexibility index (Phi) is 60.8. The van der Waals surface area contributed by atoms with E-state index in [1.54, 1.807) is 0 Å². The van der Waals surface area contributed by atoms with Gasteiger partial charge in [-0.3, -0.25) is 14.4 Å². The quantitative estimate of drug-likeness (QED) is 0.0261. The first-order chi connectivity index (χ1) is 38.0. The highest BCUT2D eigenvalue weighted by Crippen LogP contribution is 2.15. The Hall–Kier alpha value is -4.19. The van der Waals surface area contributed by atoms with Gasteiger partial charge in [0, 0.05) is 19.3 Å². The van der Waals surface area contributed by atoms with Gasteiger partial charge in [-0.05, 0) is 122 Å². The fourth-order valence-corrected chi connectivity index (χ4v) is 8.60. The highest BCUT2D eigenvalue weighted by Gasteiger charge is 2.19. The fraction of sp³-hybridized carbons (Fsp3) is 0.676. The molecule has 438 valence electrons. The predicted molar refractivity (Wildman–Crippen MR) is 334 cm³/mol. The maximum Gasteiger partial charge on any atom is 0.306 e. The summed E-state index contributed by atoms with van der Waals surface area (Å²) in [6, 6.07) is 0. The van der Waals surface area contributed by atoms with Gasteiger partial charge in [0.05, 0.1) is 0 Å². The van der Waals surface area contributed by atoms with Crippen LogP contribution in [0.15, 0.2) is 122 Å².